The third-order valence-corrected chi connectivity index (χ3v) is 0. The highest BCUT2D eigenvalue weighted by Crippen LogP contribution is 0.966. The Kier molecular flexibility index (Phi) is 168000. The molecule has 0 aromatic rings. The molecule has 0 atom stereocenters. The first-order valence-electron chi connectivity index (χ1n) is 0.494. The van der Waals surface area contributed by atoms with Crippen molar-refractivity contribution in [1.82, 2.24) is 0 Å². The number of carbonyl (C=O) groups is 1. The van der Waals surface area contributed by atoms with Gasteiger partial charge in [-0.25, -0.2) is 0 Å². The molecule has 9 heavy (non-hydrogen) atoms. The van der Waals surface area contributed by atoms with E-state index in [4.69, 9.17) is 9.90 Å². The predicted molar refractivity (Wildman–Crippen MR) is 30.4 cm³/mol. The molecule has 0 rings (SSSR count). The van der Waals surface area contributed by atoms with Crippen molar-refractivity contribution in [2.75, 3.05) is 0 Å². The molecule has 0 aromatic carbocycles. The molecular formula is CH14O8. The van der Waals surface area contributed by atoms with E-state index in [1.807, 2.05) is 0 Å². The smallest absolute Gasteiger partial charge is 0.290 e. The molecule has 8 heteroatoms. The van der Waals surface area contributed by atoms with Crippen LogP contribution in [-0.4, -0.2) is 44.4 Å². The summed E-state index contributed by atoms with van der Waals surface area (Å²) in [5.41, 5.74) is 0. The highest BCUT2D eigenvalue weighted by molar-refractivity contribution is 5.32. The van der Waals surface area contributed by atoms with Gasteiger partial charge in [0.1, 0.15) is 0 Å². The number of rotatable bonds is 0. The van der Waals surface area contributed by atoms with E-state index >= 15 is 0 Å². The fourth-order valence-corrected chi connectivity index (χ4v) is 0. The summed E-state index contributed by atoms with van der Waals surface area (Å²) >= 11 is 0. The molecule has 0 spiro atoms. The highest BCUT2D eigenvalue weighted by atomic mass is 16.3. The summed E-state index contributed by atoms with van der Waals surface area (Å²) < 4.78 is 0. The summed E-state index contributed by atoms with van der Waals surface area (Å²) in [6.07, 6.45) is 0. The van der Waals surface area contributed by atoms with Crippen molar-refractivity contribution in [3.05, 3.63) is 0 Å². The van der Waals surface area contributed by atoms with E-state index in [2.05, 4.69) is 0 Å². The Morgan fingerprint density at radius 2 is 0.778 bits per heavy atom. The van der Waals surface area contributed by atoms with Crippen LogP contribution in [0.15, 0.2) is 0 Å². The van der Waals surface area contributed by atoms with Crippen LogP contribution in [0.2, 0.25) is 0 Å². The second kappa shape index (κ2) is 5300. The molecule has 0 aliphatic heterocycles. The van der Waals surface area contributed by atoms with Crippen LogP contribution in [0, 0.1) is 0 Å². The first-order chi connectivity index (χ1) is 1.41. The van der Waals surface area contributed by atoms with Crippen molar-refractivity contribution in [2.45, 2.75) is 0 Å². The minimum Gasteiger partial charge on any atom is -0.483 e. The maximum atomic E-state index is 8.36. The van der Waals surface area contributed by atoms with E-state index < -0.39 is 0 Å². The zero-order chi connectivity index (χ0) is 2.71. The van der Waals surface area contributed by atoms with Crippen LogP contribution in [0.5, 0.6) is 0 Å². The van der Waals surface area contributed by atoms with Gasteiger partial charge in [-0.2, -0.15) is 0 Å². The van der Waals surface area contributed by atoms with Crippen LogP contribution in [-0.2, 0) is 4.79 Å². The van der Waals surface area contributed by atoms with Gasteiger partial charge in [-0.1, -0.05) is 0 Å². The fraction of sp³-hybridized carbons (Fsp3) is 0. The van der Waals surface area contributed by atoms with Crippen LogP contribution in [0.1, 0.15) is 0 Å². The van der Waals surface area contributed by atoms with Crippen molar-refractivity contribution in [3.63, 3.8) is 0 Å². The summed E-state index contributed by atoms with van der Waals surface area (Å²) in [4.78, 5) is 8.36. The summed E-state index contributed by atoms with van der Waals surface area (Å²) in [7, 11) is 0. The highest BCUT2D eigenvalue weighted by Gasteiger charge is 1.22. The van der Waals surface area contributed by atoms with Gasteiger partial charge in [0.15, 0.2) is 0 Å². The number of carboxylic acid groups (broad SMARTS) is 1. The Bertz CT molecular complexity index is 12.0. The first kappa shape index (κ1) is 284. The molecule has 8 nitrogen and oxygen atoms in total. The van der Waals surface area contributed by atoms with Crippen molar-refractivity contribution < 1.29 is 42.8 Å². The van der Waals surface area contributed by atoms with Crippen LogP contribution in [0.25, 0.3) is 0 Å². The molecule has 0 aromatic heterocycles. The van der Waals surface area contributed by atoms with Gasteiger partial charge in [-0.05, 0) is 0 Å². The van der Waals surface area contributed by atoms with Gasteiger partial charge in [0.25, 0.3) is 6.47 Å². The molecule has 0 aliphatic carbocycles. The maximum Gasteiger partial charge on any atom is 0.290 e. The van der Waals surface area contributed by atoms with E-state index in [9.17, 15) is 0 Å². The molecule has 0 aliphatic rings. The lowest BCUT2D eigenvalue weighted by molar-refractivity contribution is -0.122. The molecule has 13 N–H and O–H groups in total. The quantitative estimate of drug-likeness (QED) is 0.337. The Balaban J connectivity index is -0.00000000133. The van der Waals surface area contributed by atoms with Gasteiger partial charge < -0.3 is 38.0 Å². The SMILES string of the molecule is O.O.O.O.O.O.O=CO. The average Bonchev–Trinajstić information content (AvgIpc) is 0.918. The van der Waals surface area contributed by atoms with E-state index in [1.54, 1.807) is 0 Å². The maximum absolute atomic E-state index is 8.36. The Morgan fingerprint density at radius 3 is 0.778 bits per heavy atom. The lowest BCUT2D eigenvalue weighted by atomic mass is 11.7. The standard InChI is InChI=1S/CH2O2.6H2O/c2-1-3;;;;;;/h1H,(H,2,3);6*1H2. The predicted octanol–water partition coefficient (Wildman–Crippen LogP) is -5.25. The molecule has 0 heterocycles. The zero-order valence-electron chi connectivity index (χ0n) is 4.43. The fourth-order valence-electron chi connectivity index (χ4n) is 0. The third-order valence-electron chi connectivity index (χ3n) is 0. The molecule has 0 unspecified atom stereocenters. The minimum atomic E-state index is -0.250. The summed E-state index contributed by atoms with van der Waals surface area (Å²) in [6, 6.07) is 0. The third kappa shape index (κ3) is 334. The Labute approximate surface area is 50.6 Å². The van der Waals surface area contributed by atoms with Crippen molar-refractivity contribution in [1.29, 1.82) is 0 Å². The van der Waals surface area contributed by atoms with Gasteiger partial charge >= 0.3 is 0 Å². The van der Waals surface area contributed by atoms with Crippen molar-refractivity contribution in [2.24, 2.45) is 0 Å². The van der Waals surface area contributed by atoms with Crippen molar-refractivity contribution in [3.8, 4) is 0 Å². The number of hydrogen-bond donors (Lipinski definition) is 1. The van der Waals surface area contributed by atoms with Crippen LogP contribution in [0.3, 0.4) is 0 Å². The first-order valence-corrected chi connectivity index (χ1v) is 0.494. The summed E-state index contributed by atoms with van der Waals surface area (Å²) in [6.45, 7) is -0.250. The normalized spacial score (nSPS) is 1.33. The van der Waals surface area contributed by atoms with Crippen LogP contribution >= 0.6 is 0 Å². The molecular weight excluding hydrogens is 140 g/mol. The van der Waals surface area contributed by atoms with Gasteiger partial charge in [0.05, 0.1) is 0 Å². The van der Waals surface area contributed by atoms with E-state index in [1.165, 1.54) is 0 Å². The molecule has 0 saturated carbocycles. The van der Waals surface area contributed by atoms with Gasteiger partial charge in [0, 0.05) is 0 Å². The second-order valence-corrected chi connectivity index (χ2v) is 0.105. The lowest BCUT2D eigenvalue weighted by Gasteiger charge is -1.34. The van der Waals surface area contributed by atoms with Gasteiger partial charge in [-0.3, -0.25) is 4.79 Å². The number of hydrogen-bond acceptors (Lipinski definition) is 1. The monoisotopic (exact) mass is 154 g/mol. The zero-order valence-corrected chi connectivity index (χ0v) is 4.43. The molecule has 0 bridgehead atoms. The topological polar surface area (TPSA) is 226 Å². The Hall–Kier alpha value is -0.770. The van der Waals surface area contributed by atoms with Gasteiger partial charge in [0.2, 0.25) is 0 Å². The molecule has 0 saturated heterocycles. The van der Waals surface area contributed by atoms with Crippen molar-refractivity contribution >= 4 is 6.47 Å². The molecule has 0 amide bonds. The van der Waals surface area contributed by atoms with E-state index in [0.717, 1.165) is 0 Å². The van der Waals surface area contributed by atoms with E-state index in [0.29, 0.717) is 0 Å². The molecule has 0 fully saturated rings. The summed E-state index contributed by atoms with van der Waals surface area (Å²) in [5, 5.41) is 6.89. The van der Waals surface area contributed by atoms with Crippen LogP contribution < -0.4 is 0 Å². The lowest BCUT2D eigenvalue weighted by Crippen LogP contribution is -1.49. The molecule has 0 radical (unpaired) electrons. The minimum absolute atomic E-state index is 0. The Morgan fingerprint density at radius 1 is 0.778 bits per heavy atom. The molecule has 66 valence electrons. The second-order valence-electron chi connectivity index (χ2n) is 0.105. The summed E-state index contributed by atoms with van der Waals surface area (Å²) in [5.74, 6) is 0. The van der Waals surface area contributed by atoms with Crippen LogP contribution in [0.4, 0.5) is 0 Å². The van der Waals surface area contributed by atoms with E-state index in [-0.39, 0.29) is 39.3 Å². The average molecular weight is 154 g/mol. The largest absolute Gasteiger partial charge is 0.483 e. The van der Waals surface area contributed by atoms with Gasteiger partial charge in [-0.15, -0.1) is 0 Å².